The highest BCUT2D eigenvalue weighted by Crippen LogP contribution is 2.26. The maximum Gasteiger partial charge on any atom is 0.573 e. The molecule has 1 N–H and O–H groups in total. The van der Waals surface area contributed by atoms with Crippen LogP contribution in [0.1, 0.15) is 28.9 Å². The fourth-order valence-corrected chi connectivity index (χ4v) is 3.66. The first kappa shape index (κ1) is 19.2. The molecule has 1 atom stereocenters. The van der Waals surface area contributed by atoms with Crippen molar-refractivity contribution in [1.29, 1.82) is 0 Å². The molecule has 0 bridgehead atoms. The van der Waals surface area contributed by atoms with E-state index in [-0.39, 0.29) is 11.6 Å². The number of carbonyl (C=O) groups excluding carboxylic acids is 2. The van der Waals surface area contributed by atoms with E-state index in [1.807, 2.05) is 0 Å². The molecule has 0 unspecified atom stereocenters. The zero-order valence-corrected chi connectivity index (χ0v) is 15.0. The summed E-state index contributed by atoms with van der Waals surface area (Å²) in [6, 6.07) is 7.87. The molecule has 0 radical (unpaired) electrons. The largest absolute Gasteiger partial charge is 0.573 e. The first-order valence-electron chi connectivity index (χ1n) is 8.34. The monoisotopic (exact) mass is 398 g/mol. The Morgan fingerprint density at radius 2 is 2.00 bits per heavy atom. The van der Waals surface area contributed by atoms with E-state index in [0.29, 0.717) is 17.8 Å². The van der Waals surface area contributed by atoms with Crippen LogP contribution in [0.3, 0.4) is 0 Å². The van der Waals surface area contributed by atoms with E-state index in [1.165, 1.54) is 28.4 Å². The van der Waals surface area contributed by atoms with Crippen molar-refractivity contribution in [3.05, 3.63) is 46.7 Å². The Morgan fingerprint density at radius 1 is 1.19 bits per heavy atom. The van der Waals surface area contributed by atoms with Gasteiger partial charge in [-0.25, -0.2) is 0 Å². The summed E-state index contributed by atoms with van der Waals surface area (Å²) in [5, 5.41) is 4.38. The Hall–Kier alpha value is -2.55. The Morgan fingerprint density at radius 3 is 2.70 bits per heavy atom. The summed E-state index contributed by atoms with van der Waals surface area (Å²) in [6.45, 7) is 0.464. The Kier molecular flexibility index (Phi) is 5.69. The first-order chi connectivity index (χ1) is 12.8. The molecule has 0 spiro atoms. The minimum Gasteiger partial charge on any atom is -0.406 e. The lowest BCUT2D eigenvalue weighted by Gasteiger charge is -2.34. The van der Waals surface area contributed by atoms with Crippen LogP contribution < -0.4 is 10.1 Å². The number of piperidine rings is 1. The van der Waals surface area contributed by atoms with Gasteiger partial charge in [0.2, 0.25) is 5.91 Å². The van der Waals surface area contributed by atoms with Gasteiger partial charge in [0, 0.05) is 18.3 Å². The van der Waals surface area contributed by atoms with E-state index in [4.69, 9.17) is 0 Å². The molecule has 9 heteroatoms. The molecule has 5 nitrogen and oxygen atoms in total. The van der Waals surface area contributed by atoms with Gasteiger partial charge in [-0.2, -0.15) is 0 Å². The van der Waals surface area contributed by atoms with E-state index in [0.717, 1.165) is 25.0 Å². The second kappa shape index (κ2) is 7.99. The number of nitrogens with one attached hydrogen (secondary N) is 1. The molecule has 1 aliphatic rings. The molecule has 3 rings (SSSR count). The molecule has 0 aliphatic carbocycles. The Bertz CT molecular complexity index is 808. The van der Waals surface area contributed by atoms with Gasteiger partial charge in [0.05, 0.1) is 4.88 Å². The zero-order chi connectivity index (χ0) is 19.4. The van der Waals surface area contributed by atoms with Gasteiger partial charge in [-0.1, -0.05) is 12.1 Å². The van der Waals surface area contributed by atoms with Crippen molar-refractivity contribution in [3.63, 3.8) is 0 Å². The summed E-state index contributed by atoms with van der Waals surface area (Å²) >= 11 is 1.30. The summed E-state index contributed by atoms with van der Waals surface area (Å²) in [4.78, 5) is 27.4. The molecule has 144 valence electrons. The number of hydrogen-bond donors (Lipinski definition) is 1. The highest BCUT2D eigenvalue weighted by molar-refractivity contribution is 7.12. The van der Waals surface area contributed by atoms with Crippen LogP contribution in [0.5, 0.6) is 5.75 Å². The van der Waals surface area contributed by atoms with E-state index in [9.17, 15) is 22.8 Å². The quantitative estimate of drug-likeness (QED) is 0.836. The van der Waals surface area contributed by atoms with Crippen LogP contribution in [-0.2, 0) is 4.79 Å². The van der Waals surface area contributed by atoms with Crippen LogP contribution in [0, 0.1) is 0 Å². The third kappa shape index (κ3) is 5.00. The van der Waals surface area contributed by atoms with Crippen molar-refractivity contribution < 1.29 is 27.5 Å². The van der Waals surface area contributed by atoms with E-state index < -0.39 is 24.1 Å². The second-order valence-electron chi connectivity index (χ2n) is 6.05. The Labute approximate surface area is 157 Å². The number of hydrogen-bond acceptors (Lipinski definition) is 4. The van der Waals surface area contributed by atoms with Gasteiger partial charge in [0.25, 0.3) is 5.91 Å². The van der Waals surface area contributed by atoms with Gasteiger partial charge in [0.15, 0.2) is 0 Å². The van der Waals surface area contributed by atoms with Crippen LogP contribution in [0.15, 0.2) is 41.8 Å². The summed E-state index contributed by atoms with van der Waals surface area (Å²) in [6.07, 6.45) is -2.71. The fourth-order valence-electron chi connectivity index (χ4n) is 2.99. The van der Waals surface area contributed by atoms with Crippen molar-refractivity contribution in [2.45, 2.75) is 31.7 Å². The average Bonchev–Trinajstić information content (AvgIpc) is 3.14. The summed E-state index contributed by atoms with van der Waals surface area (Å²) in [7, 11) is 0. The van der Waals surface area contributed by atoms with Gasteiger partial charge in [-0.05, 0) is 42.8 Å². The van der Waals surface area contributed by atoms with Crippen LogP contribution >= 0.6 is 11.3 Å². The summed E-state index contributed by atoms with van der Waals surface area (Å²) in [5.74, 6) is -1.06. The van der Waals surface area contributed by atoms with E-state index in [1.54, 1.807) is 17.5 Å². The van der Waals surface area contributed by atoms with E-state index in [2.05, 4.69) is 10.1 Å². The van der Waals surface area contributed by atoms with Crippen molar-refractivity contribution in [2.75, 3.05) is 11.9 Å². The number of benzene rings is 1. The number of ether oxygens (including phenoxy) is 1. The zero-order valence-electron chi connectivity index (χ0n) is 14.2. The van der Waals surface area contributed by atoms with Crippen molar-refractivity contribution in [2.24, 2.45) is 0 Å². The number of amides is 2. The molecular formula is C18H17F3N2O3S. The van der Waals surface area contributed by atoms with Crippen LogP contribution in [0.25, 0.3) is 0 Å². The fraction of sp³-hybridized carbons (Fsp3) is 0.333. The second-order valence-corrected chi connectivity index (χ2v) is 7.00. The Balaban J connectivity index is 1.72. The SMILES string of the molecule is O=C(Nc1cccc(OC(F)(F)F)c1)[C@H]1CCCCN1C(=O)c1cccs1. The number of carbonyl (C=O) groups is 2. The molecule has 1 aromatic heterocycles. The normalized spacial score (nSPS) is 17.4. The third-order valence-corrected chi connectivity index (χ3v) is 4.99. The van der Waals surface area contributed by atoms with Crippen LogP contribution in [-0.4, -0.2) is 35.7 Å². The highest BCUT2D eigenvalue weighted by Gasteiger charge is 2.33. The molecule has 1 aliphatic heterocycles. The number of thiophene rings is 1. The highest BCUT2D eigenvalue weighted by atomic mass is 32.1. The molecule has 1 aromatic carbocycles. The molecule has 0 saturated carbocycles. The number of halogens is 3. The first-order valence-corrected chi connectivity index (χ1v) is 9.22. The molecule has 1 saturated heterocycles. The molecular weight excluding hydrogens is 381 g/mol. The van der Waals surface area contributed by atoms with Gasteiger partial charge in [-0.15, -0.1) is 24.5 Å². The maximum absolute atomic E-state index is 12.7. The minimum atomic E-state index is -4.81. The standard InChI is InChI=1S/C18H17F3N2O3S/c19-18(20,21)26-13-6-3-5-12(11-13)22-16(24)14-7-1-2-9-23(14)17(25)15-8-4-10-27-15/h3-6,8,10-11,14H,1-2,7,9H2,(H,22,24)/t14-/m1/s1. The van der Waals surface area contributed by atoms with E-state index >= 15 is 0 Å². The third-order valence-electron chi connectivity index (χ3n) is 4.13. The summed E-state index contributed by atoms with van der Waals surface area (Å²) in [5.41, 5.74) is 0.177. The van der Waals surface area contributed by atoms with Crippen molar-refractivity contribution >= 4 is 28.8 Å². The number of likely N-dealkylation sites (tertiary alicyclic amines) is 1. The number of rotatable bonds is 4. The molecule has 2 heterocycles. The lowest BCUT2D eigenvalue weighted by atomic mass is 10.0. The number of nitrogens with zero attached hydrogens (tertiary/aromatic N) is 1. The average molecular weight is 398 g/mol. The molecule has 2 aromatic rings. The lowest BCUT2D eigenvalue weighted by Crippen LogP contribution is -2.49. The predicted octanol–water partition coefficient (Wildman–Crippen LogP) is 4.28. The van der Waals surface area contributed by atoms with Crippen LogP contribution in [0.4, 0.5) is 18.9 Å². The maximum atomic E-state index is 12.7. The lowest BCUT2D eigenvalue weighted by molar-refractivity contribution is -0.274. The van der Waals surface area contributed by atoms with Gasteiger partial charge in [0.1, 0.15) is 11.8 Å². The van der Waals surface area contributed by atoms with Gasteiger partial charge in [-0.3, -0.25) is 9.59 Å². The summed E-state index contributed by atoms with van der Waals surface area (Å²) < 4.78 is 40.9. The molecule has 1 fully saturated rings. The van der Waals surface area contributed by atoms with Crippen molar-refractivity contribution in [1.82, 2.24) is 4.90 Å². The van der Waals surface area contributed by atoms with Gasteiger partial charge < -0.3 is 15.0 Å². The van der Waals surface area contributed by atoms with Gasteiger partial charge >= 0.3 is 6.36 Å². The predicted molar refractivity (Wildman–Crippen MR) is 94.7 cm³/mol. The smallest absolute Gasteiger partial charge is 0.406 e. The van der Waals surface area contributed by atoms with Crippen LogP contribution in [0.2, 0.25) is 0 Å². The number of anilines is 1. The topological polar surface area (TPSA) is 58.6 Å². The molecule has 27 heavy (non-hydrogen) atoms. The number of alkyl halides is 3. The molecule has 2 amide bonds. The minimum absolute atomic E-state index is 0.177. The van der Waals surface area contributed by atoms with Crippen molar-refractivity contribution in [3.8, 4) is 5.75 Å².